The van der Waals surface area contributed by atoms with Gasteiger partial charge in [0.25, 0.3) is 0 Å². The molecule has 2 rings (SSSR count). The van der Waals surface area contributed by atoms with Gasteiger partial charge in [0, 0.05) is 5.56 Å². The van der Waals surface area contributed by atoms with Gasteiger partial charge >= 0.3 is 0 Å². The fraction of sp³-hybridized carbons (Fsp3) is 0.273. The highest BCUT2D eigenvalue weighted by Gasteiger charge is 2.14. The molecule has 0 aliphatic carbocycles. The SMILES string of the molecule is CS1=C(C#N)c2ccccc2CC1. The van der Waals surface area contributed by atoms with Crippen LogP contribution in [0.1, 0.15) is 11.1 Å². The van der Waals surface area contributed by atoms with Crippen LogP contribution >= 0.6 is 10.5 Å². The molecule has 66 valence electrons. The highest BCUT2D eigenvalue weighted by Crippen LogP contribution is 2.25. The molecule has 1 aromatic carbocycles. The van der Waals surface area contributed by atoms with Crippen molar-refractivity contribution in [1.82, 2.24) is 0 Å². The molecular formula is C11H11NS. The summed E-state index contributed by atoms with van der Waals surface area (Å²) in [5, 5.41) is 9.03. The van der Waals surface area contributed by atoms with Crippen molar-refractivity contribution in [3.05, 3.63) is 35.4 Å². The molecule has 1 aliphatic heterocycles. The Morgan fingerprint density at radius 2 is 2.15 bits per heavy atom. The van der Waals surface area contributed by atoms with Gasteiger partial charge in [0.05, 0.1) is 4.86 Å². The third-order valence-corrected chi connectivity index (χ3v) is 4.21. The minimum atomic E-state index is 0.166. The van der Waals surface area contributed by atoms with E-state index < -0.39 is 0 Å². The second-order valence-corrected chi connectivity index (χ2v) is 5.28. The van der Waals surface area contributed by atoms with Gasteiger partial charge in [0.2, 0.25) is 0 Å². The van der Waals surface area contributed by atoms with Crippen LogP contribution < -0.4 is 0 Å². The van der Waals surface area contributed by atoms with Crippen LogP contribution in [0.4, 0.5) is 0 Å². The van der Waals surface area contributed by atoms with Gasteiger partial charge in [-0.2, -0.15) is 15.7 Å². The number of aryl methyl sites for hydroxylation is 1. The lowest BCUT2D eigenvalue weighted by Gasteiger charge is -2.17. The quantitative estimate of drug-likeness (QED) is 0.574. The predicted molar refractivity (Wildman–Crippen MR) is 58.3 cm³/mol. The van der Waals surface area contributed by atoms with E-state index in [2.05, 4.69) is 24.5 Å². The number of nitrogens with zero attached hydrogens (tertiary/aromatic N) is 1. The summed E-state index contributed by atoms with van der Waals surface area (Å²) in [7, 11) is 0.166. The number of nitriles is 1. The summed E-state index contributed by atoms with van der Waals surface area (Å²) in [6.45, 7) is 0. The molecule has 1 aromatic rings. The van der Waals surface area contributed by atoms with Crippen molar-refractivity contribution < 1.29 is 0 Å². The first-order valence-corrected chi connectivity index (χ1v) is 6.11. The van der Waals surface area contributed by atoms with Crippen LogP contribution in [0.25, 0.3) is 0 Å². The van der Waals surface area contributed by atoms with E-state index >= 15 is 0 Å². The molecule has 1 unspecified atom stereocenters. The van der Waals surface area contributed by atoms with Crippen molar-refractivity contribution in [1.29, 1.82) is 5.26 Å². The zero-order valence-electron chi connectivity index (χ0n) is 7.58. The van der Waals surface area contributed by atoms with E-state index in [-0.39, 0.29) is 10.5 Å². The second-order valence-electron chi connectivity index (χ2n) is 3.19. The molecule has 0 amide bonds. The second kappa shape index (κ2) is 3.35. The summed E-state index contributed by atoms with van der Waals surface area (Å²) < 4.78 is 0. The standard InChI is InChI=1S/C11H11NS/c1-13-7-6-9-4-2-3-5-10(9)11(13)8-12/h2-5H,6-7H2,1H3. The summed E-state index contributed by atoms with van der Waals surface area (Å²) >= 11 is 0. The Morgan fingerprint density at radius 3 is 2.92 bits per heavy atom. The fourth-order valence-corrected chi connectivity index (χ4v) is 3.11. The Labute approximate surface area is 80.9 Å². The lowest BCUT2D eigenvalue weighted by molar-refractivity contribution is 1.14. The van der Waals surface area contributed by atoms with Crippen LogP contribution in [0, 0.1) is 11.3 Å². The van der Waals surface area contributed by atoms with Gasteiger partial charge in [-0.15, -0.1) is 0 Å². The van der Waals surface area contributed by atoms with E-state index in [4.69, 9.17) is 5.26 Å². The molecule has 0 radical (unpaired) electrons. The Hall–Kier alpha value is -1.07. The predicted octanol–water partition coefficient (Wildman–Crippen LogP) is 2.19. The maximum atomic E-state index is 9.03. The topological polar surface area (TPSA) is 23.8 Å². The number of hydrogen-bond acceptors (Lipinski definition) is 1. The number of fused-ring (bicyclic) bond motifs is 1. The molecule has 2 heteroatoms. The first-order chi connectivity index (χ1) is 6.33. The average molecular weight is 189 g/mol. The highest BCUT2D eigenvalue weighted by molar-refractivity contribution is 8.16. The average Bonchev–Trinajstić information content (AvgIpc) is 2.18. The van der Waals surface area contributed by atoms with Crippen molar-refractivity contribution in [3.63, 3.8) is 0 Å². The zero-order valence-corrected chi connectivity index (χ0v) is 8.40. The zero-order chi connectivity index (χ0) is 9.26. The number of hydrogen-bond donors (Lipinski definition) is 0. The first kappa shape index (κ1) is 8.52. The van der Waals surface area contributed by atoms with Crippen molar-refractivity contribution in [2.24, 2.45) is 0 Å². The maximum absolute atomic E-state index is 9.03. The largest absolute Gasteiger partial charge is 0.192 e. The molecule has 1 nitrogen and oxygen atoms in total. The molecule has 13 heavy (non-hydrogen) atoms. The van der Waals surface area contributed by atoms with Gasteiger partial charge in [0.15, 0.2) is 0 Å². The van der Waals surface area contributed by atoms with E-state index in [1.54, 1.807) is 0 Å². The third kappa shape index (κ3) is 1.40. The van der Waals surface area contributed by atoms with E-state index in [1.165, 1.54) is 11.1 Å². The summed E-state index contributed by atoms with van der Waals surface area (Å²) in [6.07, 6.45) is 3.29. The molecular weight excluding hydrogens is 178 g/mol. The number of benzene rings is 1. The Morgan fingerprint density at radius 1 is 1.38 bits per heavy atom. The van der Waals surface area contributed by atoms with E-state index in [0.29, 0.717) is 0 Å². The summed E-state index contributed by atoms with van der Waals surface area (Å²) in [5.41, 5.74) is 2.52. The molecule has 0 N–H and O–H groups in total. The van der Waals surface area contributed by atoms with Crippen LogP contribution in [0.5, 0.6) is 0 Å². The molecule has 1 atom stereocenters. The summed E-state index contributed by atoms with van der Waals surface area (Å²) in [4.78, 5) is 0.988. The minimum absolute atomic E-state index is 0.166. The van der Waals surface area contributed by atoms with Crippen molar-refractivity contribution in [3.8, 4) is 6.07 Å². The Balaban J connectivity index is 2.63. The number of rotatable bonds is 0. The summed E-state index contributed by atoms with van der Waals surface area (Å²) in [5.74, 6) is 1.14. The Kier molecular flexibility index (Phi) is 2.20. The van der Waals surface area contributed by atoms with Crippen LogP contribution in [0.3, 0.4) is 0 Å². The van der Waals surface area contributed by atoms with Crippen LogP contribution in [-0.4, -0.2) is 16.9 Å². The molecule has 0 fully saturated rings. The molecule has 0 spiro atoms. The van der Waals surface area contributed by atoms with Gasteiger partial charge in [-0.1, -0.05) is 24.3 Å². The summed E-state index contributed by atoms with van der Waals surface area (Å²) in [6, 6.07) is 10.6. The molecule has 1 heterocycles. The van der Waals surface area contributed by atoms with Crippen LogP contribution in [0.2, 0.25) is 0 Å². The van der Waals surface area contributed by atoms with Gasteiger partial charge in [-0.25, -0.2) is 0 Å². The molecule has 1 aliphatic rings. The molecule has 0 aromatic heterocycles. The molecule has 0 bridgehead atoms. The monoisotopic (exact) mass is 189 g/mol. The smallest absolute Gasteiger partial charge is 0.106 e. The lowest BCUT2D eigenvalue weighted by atomic mass is 10.0. The van der Waals surface area contributed by atoms with Crippen molar-refractivity contribution in [2.45, 2.75) is 6.42 Å². The third-order valence-electron chi connectivity index (χ3n) is 2.39. The van der Waals surface area contributed by atoms with Crippen molar-refractivity contribution in [2.75, 3.05) is 12.0 Å². The molecule has 0 saturated heterocycles. The normalized spacial score (nSPS) is 20.6. The maximum Gasteiger partial charge on any atom is 0.106 e. The van der Waals surface area contributed by atoms with E-state index in [1.807, 2.05) is 12.1 Å². The molecule has 0 saturated carbocycles. The van der Waals surface area contributed by atoms with Crippen LogP contribution in [-0.2, 0) is 6.42 Å². The van der Waals surface area contributed by atoms with E-state index in [9.17, 15) is 0 Å². The van der Waals surface area contributed by atoms with E-state index in [0.717, 1.165) is 17.0 Å². The fourth-order valence-electron chi connectivity index (χ4n) is 1.65. The highest BCUT2D eigenvalue weighted by atomic mass is 32.2. The van der Waals surface area contributed by atoms with Gasteiger partial charge in [0.1, 0.15) is 6.07 Å². The van der Waals surface area contributed by atoms with Crippen molar-refractivity contribution >= 4 is 15.3 Å². The minimum Gasteiger partial charge on any atom is -0.192 e. The van der Waals surface area contributed by atoms with Gasteiger partial charge in [-0.3, -0.25) is 0 Å². The first-order valence-electron chi connectivity index (χ1n) is 4.31. The van der Waals surface area contributed by atoms with Crippen LogP contribution in [0.15, 0.2) is 24.3 Å². The lowest BCUT2D eigenvalue weighted by Crippen LogP contribution is -2.10. The van der Waals surface area contributed by atoms with Gasteiger partial charge in [-0.05, 0) is 24.0 Å². The Bertz CT molecular complexity index is 412. The van der Waals surface area contributed by atoms with Gasteiger partial charge < -0.3 is 0 Å².